The van der Waals surface area contributed by atoms with Crippen molar-refractivity contribution in [3.05, 3.63) is 58.3 Å². The summed E-state index contributed by atoms with van der Waals surface area (Å²) < 4.78 is 44.7. The molecule has 0 unspecified atom stereocenters. The number of methoxy groups -OCH3 is 1. The van der Waals surface area contributed by atoms with Crippen LogP contribution in [0.2, 0.25) is 0 Å². The van der Waals surface area contributed by atoms with Crippen molar-refractivity contribution in [2.24, 2.45) is 4.99 Å². The van der Waals surface area contributed by atoms with E-state index in [1.165, 1.54) is 17.8 Å². The van der Waals surface area contributed by atoms with Gasteiger partial charge in [0.25, 0.3) is 0 Å². The van der Waals surface area contributed by atoms with Gasteiger partial charge in [0.15, 0.2) is 15.0 Å². The Bertz CT molecular complexity index is 1050. The molecule has 0 bridgehead atoms. The van der Waals surface area contributed by atoms with E-state index in [1.807, 2.05) is 29.2 Å². The van der Waals surface area contributed by atoms with E-state index < -0.39 is 9.84 Å². The second kappa shape index (κ2) is 7.68. The molecule has 0 spiro atoms. The molecule has 0 aromatic heterocycles. The lowest BCUT2D eigenvalue weighted by Gasteiger charge is -2.27. The molecule has 2 heterocycles. The summed E-state index contributed by atoms with van der Waals surface area (Å²) in [5, 5.41) is 0.691. The van der Waals surface area contributed by atoms with Crippen LogP contribution in [0.4, 0.5) is 10.1 Å². The highest BCUT2D eigenvalue weighted by atomic mass is 79.9. The van der Waals surface area contributed by atoms with Gasteiger partial charge in [-0.2, -0.15) is 0 Å². The van der Waals surface area contributed by atoms with Crippen LogP contribution in [-0.4, -0.2) is 44.3 Å². The number of thioether (sulfide) groups is 1. The third-order valence-electron chi connectivity index (χ3n) is 4.82. The average molecular weight is 485 g/mol. The number of fused-ring (bicyclic) bond motifs is 1. The standard InChI is InChI=1S/C19H18BrFN2O3S2/c1-26-18-5-3-2-4-16(18)23-17-11-28(24,25)10-15(17)22-19(23)27-9-12-6-7-13(20)8-14(12)21/h2-8,15,17H,9-11H2,1H3/t15-,17+/m0/s1. The number of hydrogen-bond donors (Lipinski definition) is 0. The highest BCUT2D eigenvalue weighted by molar-refractivity contribution is 9.10. The largest absolute Gasteiger partial charge is 0.495 e. The van der Waals surface area contributed by atoms with E-state index in [-0.39, 0.29) is 29.4 Å². The van der Waals surface area contributed by atoms with Crippen molar-refractivity contribution in [3.8, 4) is 5.75 Å². The average Bonchev–Trinajstić information content (AvgIpc) is 3.12. The lowest BCUT2D eigenvalue weighted by Crippen LogP contribution is -2.39. The summed E-state index contributed by atoms with van der Waals surface area (Å²) in [5.41, 5.74) is 1.35. The predicted octanol–water partition coefficient (Wildman–Crippen LogP) is 3.87. The highest BCUT2D eigenvalue weighted by Crippen LogP contribution is 2.40. The lowest BCUT2D eigenvalue weighted by molar-refractivity contribution is 0.415. The van der Waals surface area contributed by atoms with Crippen LogP contribution in [0.25, 0.3) is 0 Å². The number of halogens is 2. The van der Waals surface area contributed by atoms with Crippen LogP contribution in [0.1, 0.15) is 5.56 Å². The summed E-state index contributed by atoms with van der Waals surface area (Å²) >= 11 is 4.67. The molecule has 0 amide bonds. The van der Waals surface area contributed by atoms with Crippen molar-refractivity contribution in [2.75, 3.05) is 23.5 Å². The summed E-state index contributed by atoms with van der Waals surface area (Å²) in [7, 11) is -1.55. The summed E-state index contributed by atoms with van der Waals surface area (Å²) in [4.78, 5) is 6.62. The molecule has 2 aromatic carbocycles. The molecule has 2 aromatic rings. The Morgan fingerprint density at radius 3 is 2.82 bits per heavy atom. The van der Waals surface area contributed by atoms with Gasteiger partial charge in [0.2, 0.25) is 0 Å². The van der Waals surface area contributed by atoms with Crippen LogP contribution in [-0.2, 0) is 15.6 Å². The number of benzene rings is 2. The molecule has 0 N–H and O–H groups in total. The van der Waals surface area contributed by atoms with Crippen LogP contribution in [0.5, 0.6) is 5.75 Å². The molecule has 2 aliphatic heterocycles. The first-order valence-electron chi connectivity index (χ1n) is 8.65. The van der Waals surface area contributed by atoms with E-state index in [2.05, 4.69) is 20.9 Å². The normalized spacial score (nSPS) is 22.8. The number of para-hydroxylation sites is 2. The van der Waals surface area contributed by atoms with E-state index in [4.69, 9.17) is 4.74 Å². The van der Waals surface area contributed by atoms with Gasteiger partial charge in [-0.3, -0.25) is 4.99 Å². The first kappa shape index (κ1) is 19.7. The van der Waals surface area contributed by atoms with Crippen LogP contribution < -0.4 is 9.64 Å². The molecule has 1 saturated heterocycles. The number of anilines is 1. The van der Waals surface area contributed by atoms with E-state index in [0.29, 0.717) is 26.7 Å². The van der Waals surface area contributed by atoms with E-state index in [1.54, 1.807) is 19.2 Å². The first-order valence-corrected chi connectivity index (χ1v) is 12.2. The SMILES string of the molecule is COc1ccccc1N1C(SCc2ccc(Br)cc2F)=N[C@H]2CS(=O)(=O)C[C@H]21. The second-order valence-electron chi connectivity index (χ2n) is 6.69. The lowest BCUT2D eigenvalue weighted by atomic mass is 10.1. The second-order valence-corrected chi connectivity index (χ2v) is 10.7. The maximum Gasteiger partial charge on any atom is 0.164 e. The van der Waals surface area contributed by atoms with E-state index in [0.717, 1.165) is 5.69 Å². The van der Waals surface area contributed by atoms with Gasteiger partial charge in [0.05, 0.1) is 36.4 Å². The van der Waals surface area contributed by atoms with Crippen molar-refractivity contribution >= 4 is 48.4 Å². The zero-order chi connectivity index (χ0) is 19.9. The molecule has 4 rings (SSSR count). The molecular formula is C19H18BrFN2O3S2. The van der Waals surface area contributed by atoms with Crippen molar-refractivity contribution in [1.29, 1.82) is 0 Å². The van der Waals surface area contributed by atoms with Gasteiger partial charge in [-0.1, -0.05) is 45.9 Å². The van der Waals surface area contributed by atoms with Gasteiger partial charge < -0.3 is 9.64 Å². The van der Waals surface area contributed by atoms with Gasteiger partial charge in [-0.25, -0.2) is 12.8 Å². The molecule has 5 nitrogen and oxygen atoms in total. The topological polar surface area (TPSA) is 59.0 Å². The van der Waals surface area contributed by atoms with Crippen molar-refractivity contribution in [1.82, 2.24) is 0 Å². The number of sulfone groups is 1. The fourth-order valence-corrected chi connectivity index (χ4v) is 6.80. The van der Waals surface area contributed by atoms with Gasteiger partial charge in [0.1, 0.15) is 11.6 Å². The Kier molecular flexibility index (Phi) is 5.41. The Balaban J connectivity index is 1.66. The van der Waals surface area contributed by atoms with Gasteiger partial charge in [-0.05, 0) is 29.8 Å². The molecular weight excluding hydrogens is 467 g/mol. The molecule has 28 heavy (non-hydrogen) atoms. The Labute approximate surface area is 176 Å². The Hall–Kier alpha value is -1.58. The molecule has 9 heteroatoms. The first-order chi connectivity index (χ1) is 13.4. The summed E-state index contributed by atoms with van der Waals surface area (Å²) in [6.07, 6.45) is 0. The van der Waals surface area contributed by atoms with Gasteiger partial charge >= 0.3 is 0 Å². The van der Waals surface area contributed by atoms with Crippen LogP contribution >= 0.6 is 27.7 Å². The fraction of sp³-hybridized carbons (Fsp3) is 0.316. The van der Waals surface area contributed by atoms with Crippen LogP contribution in [0.15, 0.2) is 51.9 Å². The molecule has 0 saturated carbocycles. The molecule has 0 aliphatic carbocycles. The minimum absolute atomic E-state index is 0.0417. The number of nitrogens with zero attached hydrogens (tertiary/aromatic N) is 2. The zero-order valence-electron chi connectivity index (χ0n) is 15.0. The molecule has 2 aliphatic rings. The third kappa shape index (κ3) is 3.79. The molecule has 148 valence electrons. The minimum Gasteiger partial charge on any atom is -0.495 e. The summed E-state index contributed by atoms with van der Waals surface area (Å²) in [6, 6.07) is 11.9. The van der Waals surface area contributed by atoms with Crippen LogP contribution in [0, 0.1) is 5.82 Å². The number of rotatable bonds is 4. The number of hydrogen-bond acceptors (Lipinski definition) is 6. The maximum absolute atomic E-state index is 14.2. The van der Waals surface area contributed by atoms with E-state index in [9.17, 15) is 12.8 Å². The van der Waals surface area contributed by atoms with Crippen molar-refractivity contribution < 1.29 is 17.5 Å². The predicted molar refractivity (Wildman–Crippen MR) is 115 cm³/mol. The molecule has 1 fully saturated rings. The number of ether oxygens (including phenoxy) is 1. The van der Waals surface area contributed by atoms with Crippen LogP contribution in [0.3, 0.4) is 0 Å². The quantitative estimate of drug-likeness (QED) is 0.658. The number of aliphatic imine (C=N–C) groups is 1. The van der Waals surface area contributed by atoms with Gasteiger partial charge in [0, 0.05) is 10.2 Å². The minimum atomic E-state index is -3.13. The van der Waals surface area contributed by atoms with E-state index >= 15 is 0 Å². The fourth-order valence-electron chi connectivity index (χ4n) is 3.52. The zero-order valence-corrected chi connectivity index (χ0v) is 18.2. The van der Waals surface area contributed by atoms with Crippen molar-refractivity contribution in [3.63, 3.8) is 0 Å². The Morgan fingerprint density at radius 1 is 1.29 bits per heavy atom. The number of amidine groups is 1. The monoisotopic (exact) mass is 484 g/mol. The summed E-state index contributed by atoms with van der Waals surface area (Å²) in [5.74, 6) is 0.855. The highest BCUT2D eigenvalue weighted by Gasteiger charge is 2.47. The molecule has 0 radical (unpaired) electrons. The summed E-state index contributed by atoms with van der Waals surface area (Å²) in [6.45, 7) is 0. The maximum atomic E-state index is 14.2. The third-order valence-corrected chi connectivity index (χ3v) is 8.03. The van der Waals surface area contributed by atoms with Gasteiger partial charge in [-0.15, -0.1) is 0 Å². The molecule has 2 atom stereocenters. The van der Waals surface area contributed by atoms with Crippen molar-refractivity contribution in [2.45, 2.75) is 17.8 Å². The Morgan fingerprint density at radius 2 is 2.07 bits per heavy atom. The smallest absolute Gasteiger partial charge is 0.164 e.